The van der Waals surface area contributed by atoms with Gasteiger partial charge in [-0.1, -0.05) is 12.1 Å². The maximum absolute atomic E-state index is 5.88. The van der Waals surface area contributed by atoms with Gasteiger partial charge in [0.15, 0.2) is 0 Å². The third-order valence-corrected chi connectivity index (χ3v) is 2.88. The van der Waals surface area contributed by atoms with Gasteiger partial charge in [0.2, 0.25) is 0 Å². The molecule has 3 N–H and O–H groups in total. The predicted molar refractivity (Wildman–Crippen MR) is 64.1 cm³/mol. The van der Waals surface area contributed by atoms with E-state index in [1.165, 1.54) is 11.3 Å². The molecule has 15 heavy (non-hydrogen) atoms. The van der Waals surface area contributed by atoms with Crippen LogP contribution in [0.25, 0.3) is 0 Å². The van der Waals surface area contributed by atoms with E-state index in [0.717, 1.165) is 26.2 Å². The fourth-order valence-electron chi connectivity index (χ4n) is 1.93. The molecule has 3 heteroatoms. The summed E-state index contributed by atoms with van der Waals surface area (Å²) in [5.41, 5.74) is 8.39. The van der Waals surface area contributed by atoms with Crippen molar-refractivity contribution in [3.63, 3.8) is 0 Å². The van der Waals surface area contributed by atoms with Gasteiger partial charge in [0.25, 0.3) is 0 Å². The van der Waals surface area contributed by atoms with Crippen molar-refractivity contribution in [2.45, 2.75) is 13.0 Å². The van der Waals surface area contributed by atoms with Crippen molar-refractivity contribution < 1.29 is 0 Å². The number of piperazine rings is 1. The molecule has 0 amide bonds. The second kappa shape index (κ2) is 4.64. The molecule has 3 nitrogen and oxygen atoms in total. The summed E-state index contributed by atoms with van der Waals surface area (Å²) >= 11 is 0. The van der Waals surface area contributed by atoms with Gasteiger partial charge in [-0.05, 0) is 24.6 Å². The van der Waals surface area contributed by atoms with Crippen LogP contribution in [0.1, 0.15) is 18.5 Å². The Hall–Kier alpha value is -1.06. The predicted octanol–water partition coefficient (Wildman–Crippen LogP) is 1.12. The molecule has 1 fully saturated rings. The third-order valence-electron chi connectivity index (χ3n) is 2.88. The Bertz CT molecular complexity index is 316. The smallest absolute Gasteiger partial charge is 0.0370 e. The van der Waals surface area contributed by atoms with E-state index in [1.807, 2.05) is 6.92 Å². The molecule has 1 aromatic carbocycles. The van der Waals surface area contributed by atoms with Gasteiger partial charge in [0, 0.05) is 37.9 Å². The van der Waals surface area contributed by atoms with Gasteiger partial charge in [-0.15, -0.1) is 0 Å². The minimum absolute atomic E-state index is 0.118. The molecule has 1 aliphatic heterocycles. The van der Waals surface area contributed by atoms with Crippen LogP contribution in [0.3, 0.4) is 0 Å². The first-order valence-electron chi connectivity index (χ1n) is 5.58. The summed E-state index contributed by atoms with van der Waals surface area (Å²) in [5.74, 6) is 0. The highest BCUT2D eigenvalue weighted by Crippen LogP contribution is 2.19. The number of nitrogens with two attached hydrogens (primary N) is 1. The van der Waals surface area contributed by atoms with E-state index < -0.39 is 0 Å². The van der Waals surface area contributed by atoms with Gasteiger partial charge in [-0.25, -0.2) is 0 Å². The molecule has 1 aromatic rings. The van der Waals surface area contributed by atoms with E-state index in [-0.39, 0.29) is 6.04 Å². The highest BCUT2D eigenvalue weighted by molar-refractivity contribution is 5.49. The Morgan fingerprint density at radius 1 is 1.33 bits per heavy atom. The minimum atomic E-state index is 0.118. The average molecular weight is 205 g/mol. The monoisotopic (exact) mass is 205 g/mol. The lowest BCUT2D eigenvalue weighted by Gasteiger charge is -2.30. The van der Waals surface area contributed by atoms with Gasteiger partial charge in [-0.2, -0.15) is 0 Å². The largest absolute Gasteiger partial charge is 0.369 e. The normalized spacial score (nSPS) is 18.9. The topological polar surface area (TPSA) is 41.3 Å². The Morgan fingerprint density at radius 3 is 2.73 bits per heavy atom. The van der Waals surface area contributed by atoms with Crippen molar-refractivity contribution in [1.29, 1.82) is 0 Å². The molecule has 1 aliphatic rings. The lowest BCUT2D eigenvalue weighted by molar-refractivity contribution is 0.589. The van der Waals surface area contributed by atoms with Crippen LogP contribution in [0.2, 0.25) is 0 Å². The first-order valence-corrected chi connectivity index (χ1v) is 5.58. The Balaban J connectivity index is 2.16. The Labute approximate surface area is 91.3 Å². The number of nitrogens with zero attached hydrogens (tertiary/aromatic N) is 1. The summed E-state index contributed by atoms with van der Waals surface area (Å²) < 4.78 is 0. The first kappa shape index (κ1) is 10.5. The van der Waals surface area contributed by atoms with E-state index in [2.05, 4.69) is 34.5 Å². The molecule has 1 heterocycles. The van der Waals surface area contributed by atoms with Crippen LogP contribution >= 0.6 is 0 Å². The number of benzene rings is 1. The van der Waals surface area contributed by atoms with Crippen molar-refractivity contribution in [2.24, 2.45) is 5.73 Å². The van der Waals surface area contributed by atoms with Gasteiger partial charge in [0.1, 0.15) is 0 Å². The number of hydrogen-bond donors (Lipinski definition) is 2. The number of hydrogen-bond acceptors (Lipinski definition) is 3. The first-order chi connectivity index (χ1) is 7.27. The van der Waals surface area contributed by atoms with Crippen molar-refractivity contribution in [2.75, 3.05) is 31.1 Å². The molecule has 0 aliphatic carbocycles. The quantitative estimate of drug-likeness (QED) is 0.760. The highest BCUT2D eigenvalue weighted by atomic mass is 15.2. The fourth-order valence-corrected chi connectivity index (χ4v) is 1.93. The molecule has 1 saturated heterocycles. The Morgan fingerprint density at radius 2 is 2.07 bits per heavy atom. The number of nitrogens with one attached hydrogen (secondary N) is 1. The van der Waals surface area contributed by atoms with Crippen LogP contribution in [0.15, 0.2) is 24.3 Å². The number of rotatable bonds is 2. The van der Waals surface area contributed by atoms with Crippen molar-refractivity contribution in [3.8, 4) is 0 Å². The van der Waals surface area contributed by atoms with Gasteiger partial charge >= 0.3 is 0 Å². The van der Waals surface area contributed by atoms with E-state index in [9.17, 15) is 0 Å². The summed E-state index contributed by atoms with van der Waals surface area (Å²) in [6.45, 7) is 6.34. The maximum Gasteiger partial charge on any atom is 0.0370 e. The number of anilines is 1. The van der Waals surface area contributed by atoms with E-state index >= 15 is 0 Å². The zero-order chi connectivity index (χ0) is 10.7. The lowest BCUT2D eigenvalue weighted by atomic mass is 10.1. The standard InChI is InChI=1S/C12H19N3/c1-10(13)11-3-2-4-12(9-11)15-7-5-14-6-8-15/h2-4,9-10,14H,5-8,13H2,1H3/t10-/m0/s1. The zero-order valence-electron chi connectivity index (χ0n) is 9.24. The van der Waals surface area contributed by atoms with Crippen LogP contribution in [-0.4, -0.2) is 26.2 Å². The van der Waals surface area contributed by atoms with Gasteiger partial charge in [-0.3, -0.25) is 0 Å². The fraction of sp³-hybridized carbons (Fsp3) is 0.500. The van der Waals surface area contributed by atoms with E-state index in [4.69, 9.17) is 5.73 Å². The SMILES string of the molecule is C[C@H](N)c1cccc(N2CCNCC2)c1. The maximum atomic E-state index is 5.88. The molecule has 1 atom stereocenters. The third kappa shape index (κ3) is 2.49. The summed E-state index contributed by atoms with van der Waals surface area (Å²) in [6, 6.07) is 8.67. The summed E-state index contributed by atoms with van der Waals surface area (Å²) in [6.07, 6.45) is 0. The molecule has 0 unspecified atom stereocenters. The molecule has 0 bridgehead atoms. The van der Waals surface area contributed by atoms with Gasteiger partial charge in [0.05, 0.1) is 0 Å². The molecule has 0 radical (unpaired) electrons. The zero-order valence-corrected chi connectivity index (χ0v) is 9.24. The van der Waals surface area contributed by atoms with Crippen LogP contribution in [-0.2, 0) is 0 Å². The molecule has 0 spiro atoms. The van der Waals surface area contributed by atoms with E-state index in [1.54, 1.807) is 0 Å². The summed E-state index contributed by atoms with van der Waals surface area (Å²) in [7, 11) is 0. The summed E-state index contributed by atoms with van der Waals surface area (Å²) in [5, 5.41) is 3.36. The average Bonchev–Trinajstić information content (AvgIpc) is 2.30. The minimum Gasteiger partial charge on any atom is -0.369 e. The molecular formula is C12H19N3. The molecule has 0 aromatic heterocycles. The van der Waals surface area contributed by atoms with Crippen LogP contribution in [0.5, 0.6) is 0 Å². The molecular weight excluding hydrogens is 186 g/mol. The van der Waals surface area contributed by atoms with Crippen LogP contribution < -0.4 is 16.0 Å². The van der Waals surface area contributed by atoms with Gasteiger partial charge < -0.3 is 16.0 Å². The molecule has 82 valence electrons. The Kier molecular flexibility index (Phi) is 3.23. The highest BCUT2D eigenvalue weighted by Gasteiger charge is 2.10. The molecule has 0 saturated carbocycles. The van der Waals surface area contributed by atoms with E-state index in [0.29, 0.717) is 0 Å². The van der Waals surface area contributed by atoms with Crippen molar-refractivity contribution >= 4 is 5.69 Å². The lowest BCUT2D eigenvalue weighted by Crippen LogP contribution is -2.43. The second-order valence-corrected chi connectivity index (χ2v) is 4.12. The van der Waals surface area contributed by atoms with Crippen LogP contribution in [0, 0.1) is 0 Å². The summed E-state index contributed by atoms with van der Waals surface area (Å²) in [4.78, 5) is 2.41. The molecule has 2 rings (SSSR count). The van der Waals surface area contributed by atoms with Crippen molar-refractivity contribution in [1.82, 2.24) is 5.32 Å². The van der Waals surface area contributed by atoms with Crippen LogP contribution in [0.4, 0.5) is 5.69 Å². The van der Waals surface area contributed by atoms with Crippen molar-refractivity contribution in [3.05, 3.63) is 29.8 Å². The second-order valence-electron chi connectivity index (χ2n) is 4.12.